The van der Waals surface area contributed by atoms with Crippen LogP contribution in [0.3, 0.4) is 0 Å². The van der Waals surface area contributed by atoms with Crippen LogP contribution in [-0.2, 0) is 19.1 Å². The van der Waals surface area contributed by atoms with E-state index in [4.69, 9.17) is 39.5 Å². The Labute approximate surface area is 186 Å². The van der Waals surface area contributed by atoms with E-state index < -0.39 is 36.8 Å². The highest BCUT2D eigenvalue weighted by Gasteiger charge is 2.13. The molecule has 0 aliphatic rings. The third kappa shape index (κ3) is 7.90. The van der Waals surface area contributed by atoms with Crippen molar-refractivity contribution in [3.63, 3.8) is 0 Å². The molecule has 3 N–H and O–H groups in total. The Bertz CT molecular complexity index is 968. The number of nitrogens with one attached hydrogen (secondary N) is 3. The summed E-state index contributed by atoms with van der Waals surface area (Å²) in [5.41, 5.74) is 0.604. The standard InChI is InChI=1S/C19H16Cl3N3O5/c20-11-2-1-3-13(6-11)25-17(27)10-30-18(28)9-23-16(26)8-24-19(29)14-5-4-12(21)7-15(14)22/h1-7H,8-10H2,(H,23,26)(H,24,29)(H,25,27). The zero-order chi connectivity index (χ0) is 22.1. The SMILES string of the molecule is O=C(CNC(=O)c1ccc(Cl)cc1Cl)NCC(=O)OCC(=O)Nc1cccc(Cl)c1. The van der Waals surface area contributed by atoms with E-state index in [9.17, 15) is 19.2 Å². The molecule has 0 aliphatic carbocycles. The number of amides is 3. The van der Waals surface area contributed by atoms with E-state index in [0.29, 0.717) is 15.7 Å². The van der Waals surface area contributed by atoms with Gasteiger partial charge < -0.3 is 20.7 Å². The quantitative estimate of drug-likeness (QED) is 0.511. The molecule has 0 heterocycles. The fraction of sp³-hybridized carbons (Fsp3) is 0.158. The van der Waals surface area contributed by atoms with Gasteiger partial charge >= 0.3 is 5.97 Å². The normalized spacial score (nSPS) is 10.1. The summed E-state index contributed by atoms with van der Waals surface area (Å²) in [4.78, 5) is 47.1. The Hall–Kier alpha value is -2.81. The second-order valence-corrected chi connectivity index (χ2v) is 7.08. The van der Waals surface area contributed by atoms with Gasteiger partial charge in [0.2, 0.25) is 5.91 Å². The van der Waals surface area contributed by atoms with Crippen molar-refractivity contribution in [1.29, 1.82) is 0 Å². The van der Waals surface area contributed by atoms with Gasteiger partial charge in [-0.3, -0.25) is 19.2 Å². The summed E-state index contributed by atoms with van der Waals surface area (Å²) in [5, 5.41) is 8.08. The van der Waals surface area contributed by atoms with Crippen LogP contribution in [0.15, 0.2) is 42.5 Å². The van der Waals surface area contributed by atoms with E-state index >= 15 is 0 Å². The van der Waals surface area contributed by atoms with Crippen molar-refractivity contribution in [3.8, 4) is 0 Å². The first-order valence-corrected chi connectivity index (χ1v) is 9.59. The smallest absolute Gasteiger partial charge is 0.325 e. The molecule has 30 heavy (non-hydrogen) atoms. The lowest BCUT2D eigenvalue weighted by Crippen LogP contribution is -2.39. The van der Waals surface area contributed by atoms with E-state index in [2.05, 4.69) is 16.0 Å². The molecule has 0 atom stereocenters. The van der Waals surface area contributed by atoms with Crippen molar-refractivity contribution in [1.82, 2.24) is 10.6 Å². The first-order valence-electron chi connectivity index (χ1n) is 8.45. The molecule has 0 unspecified atom stereocenters. The van der Waals surface area contributed by atoms with Gasteiger partial charge in [0.15, 0.2) is 6.61 Å². The number of hydrogen-bond acceptors (Lipinski definition) is 5. The number of carbonyl (C=O) groups excluding carboxylic acids is 4. The summed E-state index contributed by atoms with van der Waals surface area (Å²) in [5.74, 6) is -2.60. The maximum absolute atomic E-state index is 12.0. The van der Waals surface area contributed by atoms with E-state index in [1.807, 2.05) is 0 Å². The maximum Gasteiger partial charge on any atom is 0.325 e. The zero-order valence-corrected chi connectivity index (χ0v) is 17.6. The van der Waals surface area contributed by atoms with Gasteiger partial charge in [-0.1, -0.05) is 40.9 Å². The lowest BCUT2D eigenvalue weighted by Gasteiger charge is -2.09. The fourth-order valence-corrected chi connectivity index (χ4v) is 2.81. The van der Waals surface area contributed by atoms with Gasteiger partial charge in [-0.15, -0.1) is 0 Å². The highest BCUT2D eigenvalue weighted by Crippen LogP contribution is 2.20. The molecule has 2 aromatic carbocycles. The topological polar surface area (TPSA) is 114 Å². The van der Waals surface area contributed by atoms with Crippen LogP contribution in [0.5, 0.6) is 0 Å². The van der Waals surface area contributed by atoms with Crippen molar-refractivity contribution in [3.05, 3.63) is 63.1 Å². The average Bonchev–Trinajstić information content (AvgIpc) is 2.69. The van der Waals surface area contributed by atoms with Crippen molar-refractivity contribution in [2.75, 3.05) is 25.0 Å². The van der Waals surface area contributed by atoms with Crippen LogP contribution in [0.1, 0.15) is 10.4 Å². The maximum atomic E-state index is 12.0. The van der Waals surface area contributed by atoms with Gasteiger partial charge in [0, 0.05) is 15.7 Å². The first-order chi connectivity index (χ1) is 14.2. The van der Waals surface area contributed by atoms with Gasteiger partial charge in [0.05, 0.1) is 17.1 Å². The Kier molecular flexibility index (Phi) is 8.91. The van der Waals surface area contributed by atoms with Crippen molar-refractivity contribution >= 4 is 64.2 Å². The van der Waals surface area contributed by atoms with Crippen LogP contribution in [0.2, 0.25) is 15.1 Å². The predicted molar refractivity (Wildman–Crippen MR) is 113 cm³/mol. The lowest BCUT2D eigenvalue weighted by molar-refractivity contribution is -0.147. The molecule has 0 saturated heterocycles. The number of ether oxygens (including phenoxy) is 1. The molecule has 0 spiro atoms. The zero-order valence-electron chi connectivity index (χ0n) is 15.3. The second kappa shape index (κ2) is 11.4. The molecule has 0 saturated carbocycles. The molecule has 0 radical (unpaired) electrons. The number of carbonyl (C=O) groups is 4. The second-order valence-electron chi connectivity index (χ2n) is 5.80. The Morgan fingerprint density at radius 1 is 0.833 bits per heavy atom. The number of halogens is 3. The number of hydrogen-bond donors (Lipinski definition) is 3. The van der Waals surface area contributed by atoms with Crippen molar-refractivity contribution in [2.45, 2.75) is 0 Å². The monoisotopic (exact) mass is 471 g/mol. The van der Waals surface area contributed by atoms with Crippen LogP contribution in [0, 0.1) is 0 Å². The average molecular weight is 473 g/mol. The minimum atomic E-state index is -0.823. The summed E-state index contributed by atoms with van der Waals surface area (Å²) in [6.07, 6.45) is 0. The summed E-state index contributed by atoms with van der Waals surface area (Å²) in [7, 11) is 0. The Balaban J connectivity index is 1.67. The largest absolute Gasteiger partial charge is 0.454 e. The number of rotatable bonds is 8. The van der Waals surface area contributed by atoms with Crippen molar-refractivity contribution < 1.29 is 23.9 Å². The summed E-state index contributed by atoms with van der Waals surface area (Å²) >= 11 is 17.5. The van der Waals surface area contributed by atoms with Crippen LogP contribution in [0.25, 0.3) is 0 Å². The fourth-order valence-electron chi connectivity index (χ4n) is 2.12. The summed E-state index contributed by atoms with van der Waals surface area (Å²) in [6, 6.07) is 10.8. The van der Waals surface area contributed by atoms with Gasteiger partial charge in [-0.05, 0) is 36.4 Å². The Morgan fingerprint density at radius 3 is 2.27 bits per heavy atom. The third-order valence-corrected chi connectivity index (χ3v) is 4.27. The molecule has 0 aliphatic heterocycles. The molecule has 2 rings (SSSR count). The van der Waals surface area contributed by atoms with Crippen molar-refractivity contribution in [2.24, 2.45) is 0 Å². The Morgan fingerprint density at radius 2 is 1.57 bits per heavy atom. The van der Waals surface area contributed by atoms with E-state index in [-0.39, 0.29) is 17.1 Å². The highest BCUT2D eigenvalue weighted by molar-refractivity contribution is 6.36. The molecule has 0 aromatic heterocycles. The van der Waals surface area contributed by atoms with Crippen LogP contribution >= 0.6 is 34.8 Å². The molecule has 2 aromatic rings. The summed E-state index contributed by atoms with van der Waals surface area (Å²) in [6.45, 7) is -1.39. The first kappa shape index (κ1) is 23.5. The van der Waals surface area contributed by atoms with E-state index in [1.165, 1.54) is 24.3 Å². The third-order valence-electron chi connectivity index (χ3n) is 3.49. The van der Waals surface area contributed by atoms with Crippen LogP contribution < -0.4 is 16.0 Å². The molecule has 0 bridgehead atoms. The molecule has 158 valence electrons. The molecule has 3 amide bonds. The molecule has 11 heteroatoms. The van der Waals surface area contributed by atoms with Crippen LogP contribution in [-0.4, -0.2) is 43.4 Å². The van der Waals surface area contributed by atoms with Gasteiger partial charge in [-0.25, -0.2) is 0 Å². The molecular formula is C19H16Cl3N3O5. The summed E-state index contributed by atoms with van der Waals surface area (Å²) < 4.78 is 4.76. The minimum absolute atomic E-state index is 0.139. The number of anilines is 1. The predicted octanol–water partition coefficient (Wildman–Crippen LogP) is 2.67. The number of esters is 1. The minimum Gasteiger partial charge on any atom is -0.454 e. The lowest BCUT2D eigenvalue weighted by atomic mass is 10.2. The van der Waals surface area contributed by atoms with Gasteiger partial charge in [-0.2, -0.15) is 0 Å². The molecule has 0 fully saturated rings. The van der Waals surface area contributed by atoms with Gasteiger partial charge in [0.25, 0.3) is 11.8 Å². The van der Waals surface area contributed by atoms with Gasteiger partial charge in [0.1, 0.15) is 6.54 Å². The molecular weight excluding hydrogens is 457 g/mol. The van der Waals surface area contributed by atoms with E-state index in [0.717, 1.165) is 0 Å². The highest BCUT2D eigenvalue weighted by atomic mass is 35.5. The van der Waals surface area contributed by atoms with Crippen LogP contribution in [0.4, 0.5) is 5.69 Å². The molecule has 8 nitrogen and oxygen atoms in total. The van der Waals surface area contributed by atoms with E-state index in [1.54, 1.807) is 18.2 Å². The number of benzene rings is 2.